The van der Waals surface area contributed by atoms with E-state index in [1.807, 2.05) is 18.7 Å². The average Bonchev–Trinajstić information content (AvgIpc) is 2.38. The summed E-state index contributed by atoms with van der Waals surface area (Å²) in [7, 11) is 2.27. The number of likely N-dealkylation sites (N-methyl/N-ethyl adjacent to an activating group) is 1. The molecule has 2 heterocycles. The number of carbonyl (C=O) groups excluding carboxylic acids is 1. The average molecular weight is 267 g/mol. The van der Waals surface area contributed by atoms with Crippen LogP contribution in [0, 0.1) is 0 Å². The van der Waals surface area contributed by atoms with Crippen LogP contribution in [0.1, 0.15) is 46.0 Å². The van der Waals surface area contributed by atoms with Gasteiger partial charge in [0.05, 0.1) is 6.54 Å². The molecule has 2 saturated heterocycles. The molecule has 0 aromatic heterocycles. The molecule has 0 saturated carbocycles. The summed E-state index contributed by atoms with van der Waals surface area (Å²) in [5.74, 6) is 0.245. The van der Waals surface area contributed by atoms with E-state index in [1.54, 1.807) is 0 Å². The van der Waals surface area contributed by atoms with Gasteiger partial charge >= 0.3 is 0 Å². The smallest absolute Gasteiger partial charge is 0.236 e. The maximum absolute atomic E-state index is 12.0. The molecule has 19 heavy (non-hydrogen) atoms. The molecule has 2 aliphatic heterocycles. The van der Waals surface area contributed by atoms with Gasteiger partial charge in [0.1, 0.15) is 0 Å². The highest BCUT2D eigenvalue weighted by Crippen LogP contribution is 2.32. The van der Waals surface area contributed by atoms with Crippen molar-refractivity contribution in [1.29, 1.82) is 0 Å². The Morgan fingerprint density at radius 1 is 1.21 bits per heavy atom. The number of carbonyl (C=O) groups is 1. The van der Waals surface area contributed by atoms with Gasteiger partial charge in [-0.15, -0.1) is 0 Å². The lowest BCUT2D eigenvalue weighted by atomic mass is 9.82. The number of rotatable bonds is 5. The molecule has 0 spiro atoms. The summed E-state index contributed by atoms with van der Waals surface area (Å²) >= 11 is 0. The van der Waals surface area contributed by atoms with E-state index in [0.29, 0.717) is 12.6 Å². The maximum atomic E-state index is 12.0. The molecule has 4 nitrogen and oxygen atoms in total. The van der Waals surface area contributed by atoms with E-state index in [0.717, 1.165) is 25.2 Å². The number of amides is 1. The van der Waals surface area contributed by atoms with Crippen molar-refractivity contribution >= 4 is 5.91 Å². The van der Waals surface area contributed by atoms with E-state index >= 15 is 0 Å². The standard InChI is InChI=1S/C15H29N3O/c1-4-18(5-2)15(19)11-16-12-9-13-7-6-8-14(10-12)17(13)3/h12-14,16H,4-11H2,1-3H3. The van der Waals surface area contributed by atoms with Crippen LogP contribution < -0.4 is 5.32 Å². The van der Waals surface area contributed by atoms with Gasteiger partial charge in [-0.3, -0.25) is 4.79 Å². The lowest BCUT2D eigenvalue weighted by molar-refractivity contribution is -0.130. The fourth-order valence-electron chi connectivity index (χ4n) is 3.70. The van der Waals surface area contributed by atoms with Crippen molar-refractivity contribution in [3.05, 3.63) is 0 Å². The Hall–Kier alpha value is -0.610. The van der Waals surface area contributed by atoms with Gasteiger partial charge in [0, 0.05) is 31.2 Å². The van der Waals surface area contributed by atoms with Crippen LogP contribution in [-0.4, -0.2) is 60.5 Å². The predicted octanol–water partition coefficient (Wildman–Crippen LogP) is 1.46. The summed E-state index contributed by atoms with van der Waals surface area (Å²) in [5, 5.41) is 3.50. The molecule has 0 aromatic carbocycles. The first-order valence-corrected chi connectivity index (χ1v) is 7.88. The summed E-state index contributed by atoms with van der Waals surface area (Å²) in [6.45, 7) is 6.23. The van der Waals surface area contributed by atoms with Gasteiger partial charge in [0.15, 0.2) is 0 Å². The van der Waals surface area contributed by atoms with Gasteiger partial charge in [0.2, 0.25) is 5.91 Å². The van der Waals surface area contributed by atoms with Gasteiger partial charge < -0.3 is 15.1 Å². The van der Waals surface area contributed by atoms with Crippen molar-refractivity contribution < 1.29 is 4.79 Å². The maximum Gasteiger partial charge on any atom is 0.236 e. The van der Waals surface area contributed by atoms with Crippen LogP contribution in [0.3, 0.4) is 0 Å². The minimum atomic E-state index is 0.245. The lowest BCUT2D eigenvalue weighted by Gasteiger charge is -2.47. The van der Waals surface area contributed by atoms with Crippen LogP contribution in [0.5, 0.6) is 0 Å². The molecule has 2 rings (SSSR count). The van der Waals surface area contributed by atoms with Crippen LogP contribution in [0.15, 0.2) is 0 Å². The Morgan fingerprint density at radius 3 is 2.32 bits per heavy atom. The van der Waals surface area contributed by atoms with Gasteiger partial charge in [-0.1, -0.05) is 6.42 Å². The highest BCUT2D eigenvalue weighted by molar-refractivity contribution is 5.78. The summed E-state index contributed by atoms with van der Waals surface area (Å²) in [5.41, 5.74) is 0. The molecule has 0 aliphatic carbocycles. The van der Waals surface area contributed by atoms with Crippen molar-refractivity contribution in [3.63, 3.8) is 0 Å². The molecule has 0 aromatic rings. The lowest BCUT2D eigenvalue weighted by Crippen LogP contribution is -2.55. The number of fused-ring (bicyclic) bond motifs is 2. The first kappa shape index (κ1) is 14.8. The van der Waals surface area contributed by atoms with Crippen LogP contribution in [0.2, 0.25) is 0 Å². The van der Waals surface area contributed by atoms with E-state index in [4.69, 9.17) is 0 Å². The van der Waals surface area contributed by atoms with E-state index < -0.39 is 0 Å². The molecular formula is C15H29N3O. The van der Waals surface area contributed by atoms with Crippen molar-refractivity contribution in [2.24, 2.45) is 0 Å². The Balaban J connectivity index is 1.79. The first-order valence-electron chi connectivity index (χ1n) is 7.88. The largest absolute Gasteiger partial charge is 0.342 e. The SMILES string of the molecule is CCN(CC)C(=O)CNC1CC2CCCC(C1)N2C. The fourth-order valence-corrected chi connectivity index (χ4v) is 3.70. The number of hydrogen-bond donors (Lipinski definition) is 1. The summed E-state index contributed by atoms with van der Waals surface area (Å²) < 4.78 is 0. The molecule has 4 heteroatoms. The summed E-state index contributed by atoms with van der Waals surface area (Å²) in [6.07, 6.45) is 6.45. The minimum Gasteiger partial charge on any atom is -0.342 e. The molecule has 2 aliphatic rings. The zero-order valence-electron chi connectivity index (χ0n) is 12.7. The molecule has 2 unspecified atom stereocenters. The zero-order chi connectivity index (χ0) is 13.8. The summed E-state index contributed by atoms with van der Waals surface area (Å²) in [6, 6.07) is 1.99. The van der Waals surface area contributed by atoms with Crippen molar-refractivity contribution in [3.8, 4) is 0 Å². The van der Waals surface area contributed by atoms with Crippen LogP contribution >= 0.6 is 0 Å². The zero-order valence-corrected chi connectivity index (χ0v) is 12.7. The van der Waals surface area contributed by atoms with Crippen molar-refractivity contribution in [2.45, 2.75) is 64.1 Å². The number of piperidine rings is 2. The highest BCUT2D eigenvalue weighted by Gasteiger charge is 2.35. The van der Waals surface area contributed by atoms with Gasteiger partial charge in [-0.25, -0.2) is 0 Å². The van der Waals surface area contributed by atoms with Crippen LogP contribution in [0.4, 0.5) is 0 Å². The van der Waals surface area contributed by atoms with E-state index in [-0.39, 0.29) is 5.91 Å². The third kappa shape index (κ3) is 3.48. The van der Waals surface area contributed by atoms with Crippen LogP contribution in [0.25, 0.3) is 0 Å². The van der Waals surface area contributed by atoms with E-state index in [2.05, 4.69) is 17.3 Å². The Bertz CT molecular complexity index is 290. The Labute approximate surface area is 117 Å². The third-order valence-electron chi connectivity index (χ3n) is 5.00. The second-order valence-electron chi connectivity index (χ2n) is 6.02. The second kappa shape index (κ2) is 6.71. The fraction of sp³-hybridized carbons (Fsp3) is 0.933. The molecule has 2 atom stereocenters. The Kier molecular flexibility index (Phi) is 5.22. The molecule has 1 amide bonds. The van der Waals surface area contributed by atoms with Crippen molar-refractivity contribution in [2.75, 3.05) is 26.7 Å². The van der Waals surface area contributed by atoms with Gasteiger partial charge in [-0.2, -0.15) is 0 Å². The molecular weight excluding hydrogens is 238 g/mol. The number of hydrogen-bond acceptors (Lipinski definition) is 3. The molecule has 2 fully saturated rings. The number of nitrogens with zero attached hydrogens (tertiary/aromatic N) is 2. The number of nitrogens with one attached hydrogen (secondary N) is 1. The summed E-state index contributed by atoms with van der Waals surface area (Å²) in [4.78, 5) is 16.5. The van der Waals surface area contributed by atoms with Gasteiger partial charge in [-0.05, 0) is 46.6 Å². The normalized spacial score (nSPS) is 31.2. The minimum absolute atomic E-state index is 0.245. The molecule has 2 bridgehead atoms. The van der Waals surface area contributed by atoms with Crippen LogP contribution in [-0.2, 0) is 4.79 Å². The monoisotopic (exact) mass is 267 g/mol. The van der Waals surface area contributed by atoms with E-state index in [1.165, 1.54) is 32.1 Å². The van der Waals surface area contributed by atoms with Gasteiger partial charge in [0.25, 0.3) is 0 Å². The predicted molar refractivity (Wildman–Crippen MR) is 78.1 cm³/mol. The topological polar surface area (TPSA) is 35.6 Å². The second-order valence-corrected chi connectivity index (χ2v) is 6.02. The Morgan fingerprint density at radius 2 is 1.79 bits per heavy atom. The molecule has 1 N–H and O–H groups in total. The third-order valence-corrected chi connectivity index (χ3v) is 5.00. The molecule has 110 valence electrons. The van der Waals surface area contributed by atoms with Crippen molar-refractivity contribution in [1.82, 2.24) is 15.1 Å². The quantitative estimate of drug-likeness (QED) is 0.819. The first-order chi connectivity index (χ1) is 9.15. The highest BCUT2D eigenvalue weighted by atomic mass is 16.2. The molecule has 0 radical (unpaired) electrons. The van der Waals surface area contributed by atoms with E-state index in [9.17, 15) is 4.79 Å².